The first-order valence-corrected chi connectivity index (χ1v) is 7.02. The first-order valence-electron chi connectivity index (χ1n) is 7.02. The predicted octanol–water partition coefficient (Wildman–Crippen LogP) is 3.69. The molecule has 0 aromatic heterocycles. The van der Waals surface area contributed by atoms with Gasteiger partial charge in [0, 0.05) is 6.42 Å². The van der Waals surface area contributed by atoms with Crippen LogP contribution in [0.2, 0.25) is 0 Å². The van der Waals surface area contributed by atoms with Gasteiger partial charge in [-0.1, -0.05) is 38.5 Å². The van der Waals surface area contributed by atoms with Crippen LogP contribution in [0.25, 0.3) is 0 Å². The van der Waals surface area contributed by atoms with Gasteiger partial charge in [-0.15, -0.1) is 0 Å². The van der Waals surface area contributed by atoms with Crippen LogP contribution in [0.5, 0.6) is 0 Å². The van der Waals surface area contributed by atoms with Gasteiger partial charge < -0.3 is 4.74 Å². The quantitative estimate of drug-likeness (QED) is 0.587. The van der Waals surface area contributed by atoms with E-state index in [1.807, 2.05) is 0 Å². The number of cyclic esters (lactones) is 1. The van der Waals surface area contributed by atoms with E-state index in [-0.39, 0.29) is 5.97 Å². The molecule has 92 valence electrons. The second-order valence-electron chi connectivity index (χ2n) is 5.43. The van der Waals surface area contributed by atoms with Gasteiger partial charge >= 0.3 is 5.97 Å². The lowest BCUT2D eigenvalue weighted by Crippen LogP contribution is -2.05. The highest BCUT2D eigenvalue weighted by molar-refractivity contribution is 5.69. The Hall–Kier alpha value is -0.530. The molecule has 0 radical (unpaired) electrons. The van der Waals surface area contributed by atoms with Crippen LogP contribution in [-0.4, -0.2) is 12.6 Å². The van der Waals surface area contributed by atoms with Crippen LogP contribution in [0.15, 0.2) is 0 Å². The molecule has 2 heteroatoms. The van der Waals surface area contributed by atoms with E-state index in [1.54, 1.807) is 0 Å². The molecule has 1 aliphatic heterocycles. The van der Waals surface area contributed by atoms with E-state index in [4.69, 9.17) is 4.74 Å². The summed E-state index contributed by atoms with van der Waals surface area (Å²) < 4.78 is 5.19. The highest BCUT2D eigenvalue weighted by Gasteiger charge is 2.35. The van der Waals surface area contributed by atoms with Crippen molar-refractivity contribution in [1.29, 1.82) is 0 Å². The number of carbonyl (C=O) groups excluding carboxylic acids is 1. The van der Waals surface area contributed by atoms with Gasteiger partial charge in [-0.25, -0.2) is 0 Å². The van der Waals surface area contributed by atoms with Gasteiger partial charge in [0.1, 0.15) is 0 Å². The van der Waals surface area contributed by atoms with E-state index in [9.17, 15) is 4.79 Å². The van der Waals surface area contributed by atoms with E-state index in [0.717, 1.165) is 24.7 Å². The average Bonchev–Trinajstić information content (AvgIpc) is 3.01. The Balaban J connectivity index is 1.67. The van der Waals surface area contributed by atoms with Gasteiger partial charge in [0.15, 0.2) is 0 Å². The van der Waals surface area contributed by atoms with Crippen LogP contribution in [0, 0.1) is 11.8 Å². The smallest absolute Gasteiger partial charge is 0.305 e. The maximum Gasteiger partial charge on any atom is 0.305 e. The molecule has 0 N–H and O–H groups in total. The topological polar surface area (TPSA) is 26.3 Å². The zero-order valence-electron chi connectivity index (χ0n) is 10.2. The monoisotopic (exact) mass is 224 g/mol. The maximum absolute atomic E-state index is 11.3. The molecule has 2 aliphatic rings. The van der Waals surface area contributed by atoms with Crippen molar-refractivity contribution in [2.75, 3.05) is 6.61 Å². The predicted molar refractivity (Wildman–Crippen MR) is 64.1 cm³/mol. The zero-order chi connectivity index (χ0) is 11.2. The van der Waals surface area contributed by atoms with Crippen LogP contribution in [0.1, 0.15) is 64.2 Å². The van der Waals surface area contributed by atoms with Gasteiger partial charge in [-0.2, -0.15) is 0 Å². The first-order chi connectivity index (χ1) is 7.86. The van der Waals surface area contributed by atoms with Gasteiger partial charge in [0.25, 0.3) is 0 Å². The molecular weight excluding hydrogens is 200 g/mol. The Morgan fingerprint density at radius 2 is 1.56 bits per heavy atom. The molecule has 1 aliphatic carbocycles. The Morgan fingerprint density at radius 3 is 2.31 bits per heavy atom. The third-order valence-electron chi connectivity index (χ3n) is 4.01. The van der Waals surface area contributed by atoms with Gasteiger partial charge in [0.2, 0.25) is 0 Å². The standard InChI is InChI=1S/C14H24O2/c15-14-9-5-1-3-7-12-11-13(12)8-4-2-6-10-16-14/h12-13H,1-11H2. The summed E-state index contributed by atoms with van der Waals surface area (Å²) in [5.41, 5.74) is 0. The summed E-state index contributed by atoms with van der Waals surface area (Å²) >= 11 is 0. The second kappa shape index (κ2) is 6.27. The van der Waals surface area contributed by atoms with Crippen molar-refractivity contribution in [2.45, 2.75) is 64.2 Å². The fourth-order valence-corrected chi connectivity index (χ4v) is 2.81. The molecular formula is C14H24O2. The lowest BCUT2D eigenvalue weighted by atomic mass is 10.1. The highest BCUT2D eigenvalue weighted by atomic mass is 16.5. The molecule has 2 atom stereocenters. The maximum atomic E-state index is 11.3. The number of hydrogen-bond acceptors (Lipinski definition) is 2. The molecule has 0 spiro atoms. The minimum Gasteiger partial charge on any atom is -0.466 e. The highest BCUT2D eigenvalue weighted by Crippen LogP contribution is 2.45. The summed E-state index contributed by atoms with van der Waals surface area (Å²) in [7, 11) is 0. The molecule has 0 aromatic rings. The summed E-state index contributed by atoms with van der Waals surface area (Å²) in [4.78, 5) is 11.3. The zero-order valence-corrected chi connectivity index (χ0v) is 10.2. The Bertz CT molecular complexity index is 225. The van der Waals surface area contributed by atoms with E-state index in [1.165, 1.54) is 44.9 Å². The molecule has 1 saturated heterocycles. The lowest BCUT2D eigenvalue weighted by molar-refractivity contribution is -0.143. The normalized spacial score (nSPS) is 33.4. The second-order valence-corrected chi connectivity index (χ2v) is 5.43. The van der Waals surface area contributed by atoms with E-state index in [2.05, 4.69) is 0 Å². The third-order valence-corrected chi connectivity index (χ3v) is 4.01. The molecule has 0 amide bonds. The molecule has 2 rings (SSSR count). The van der Waals surface area contributed by atoms with Gasteiger partial charge in [-0.3, -0.25) is 4.79 Å². The van der Waals surface area contributed by atoms with Crippen LogP contribution >= 0.6 is 0 Å². The van der Waals surface area contributed by atoms with Gasteiger partial charge in [-0.05, 0) is 31.1 Å². The molecule has 2 unspecified atom stereocenters. The average molecular weight is 224 g/mol. The number of esters is 1. The van der Waals surface area contributed by atoms with Gasteiger partial charge in [0.05, 0.1) is 6.61 Å². The largest absolute Gasteiger partial charge is 0.466 e. The van der Waals surface area contributed by atoms with Crippen molar-refractivity contribution in [3.63, 3.8) is 0 Å². The number of hydrogen-bond donors (Lipinski definition) is 0. The summed E-state index contributed by atoms with van der Waals surface area (Å²) in [6, 6.07) is 0. The summed E-state index contributed by atoms with van der Waals surface area (Å²) in [5.74, 6) is 2.10. The molecule has 2 fully saturated rings. The fraction of sp³-hybridized carbons (Fsp3) is 0.929. The van der Waals surface area contributed by atoms with Crippen molar-refractivity contribution in [1.82, 2.24) is 0 Å². The van der Waals surface area contributed by atoms with Crippen LogP contribution in [0.4, 0.5) is 0 Å². The minimum absolute atomic E-state index is 0.0151. The van der Waals surface area contributed by atoms with Crippen molar-refractivity contribution < 1.29 is 9.53 Å². The Labute approximate surface area is 98.7 Å². The number of carbonyl (C=O) groups is 1. The number of fused-ring (bicyclic) bond motifs is 1. The molecule has 1 heterocycles. The summed E-state index contributed by atoms with van der Waals surface area (Å²) in [6.07, 6.45) is 12.1. The molecule has 1 saturated carbocycles. The van der Waals surface area contributed by atoms with Crippen LogP contribution in [0.3, 0.4) is 0 Å². The fourth-order valence-electron chi connectivity index (χ4n) is 2.81. The van der Waals surface area contributed by atoms with E-state index < -0.39 is 0 Å². The van der Waals surface area contributed by atoms with Crippen LogP contribution < -0.4 is 0 Å². The molecule has 16 heavy (non-hydrogen) atoms. The Kier molecular flexibility index (Phi) is 4.68. The van der Waals surface area contributed by atoms with E-state index >= 15 is 0 Å². The number of ether oxygens (including phenoxy) is 1. The summed E-state index contributed by atoms with van der Waals surface area (Å²) in [6.45, 7) is 0.646. The molecule has 0 aromatic carbocycles. The van der Waals surface area contributed by atoms with Crippen molar-refractivity contribution in [2.24, 2.45) is 11.8 Å². The van der Waals surface area contributed by atoms with E-state index in [0.29, 0.717) is 13.0 Å². The third kappa shape index (κ3) is 4.15. The van der Waals surface area contributed by atoms with Crippen LogP contribution in [-0.2, 0) is 9.53 Å². The van der Waals surface area contributed by atoms with Crippen molar-refractivity contribution >= 4 is 5.97 Å². The Morgan fingerprint density at radius 1 is 0.875 bits per heavy atom. The molecule has 0 bridgehead atoms. The summed E-state index contributed by atoms with van der Waals surface area (Å²) in [5, 5.41) is 0. The molecule has 2 nitrogen and oxygen atoms in total. The first kappa shape index (κ1) is 11.9. The van der Waals surface area contributed by atoms with Crippen molar-refractivity contribution in [3.05, 3.63) is 0 Å². The SMILES string of the molecule is O=C1CCCCCC2CC2CCCCCO1. The lowest BCUT2D eigenvalue weighted by Gasteiger charge is -2.06. The minimum atomic E-state index is 0.0151. The number of rotatable bonds is 0. The van der Waals surface area contributed by atoms with Crippen molar-refractivity contribution in [3.8, 4) is 0 Å².